The first-order chi connectivity index (χ1) is 37.8. The van der Waals surface area contributed by atoms with Gasteiger partial charge in [-0.05, 0) is 96.0 Å². The Morgan fingerprint density at radius 1 is 0.790 bits per heavy atom. The summed E-state index contributed by atoms with van der Waals surface area (Å²) in [5.41, 5.74) is -4.46. The fourth-order valence-electron chi connectivity index (χ4n) is 8.94. The number of carbonyl (C=O) groups excluding carboxylic acids is 4. The summed E-state index contributed by atoms with van der Waals surface area (Å²) in [5.74, 6) is 0.718. The Bertz CT molecular complexity index is 2890. The van der Waals surface area contributed by atoms with Gasteiger partial charge in [0.15, 0.2) is 0 Å². The third-order valence-electron chi connectivity index (χ3n) is 14.3. The van der Waals surface area contributed by atoms with E-state index in [-0.39, 0.29) is 33.6 Å². The molecule has 5 N–H and O–H groups in total. The SMILES string of the molecule is COC(=O)N[C@H](C(=O)N[C@@H](Cc1ccc(C#Cc2ccc(N3C[C@@H](C)N(C4COC4)C[C@H]3C)nc2)cc1)[C@@H](O)CN(Cc1c(F)cc(-c2ccn(C(F)F)n2)cc1F)NC(=O)[C@@H](NC(=O)OC)C(C)(C)C(F)(F)F)C(C)(C)C(F)(F)F. The third kappa shape index (κ3) is 15.2. The van der Waals surface area contributed by atoms with Gasteiger partial charge in [0.1, 0.15) is 29.5 Å². The van der Waals surface area contributed by atoms with Gasteiger partial charge in [-0.1, -0.05) is 24.0 Å². The van der Waals surface area contributed by atoms with Crippen LogP contribution in [0.1, 0.15) is 70.3 Å². The molecule has 2 aliphatic heterocycles. The number of aromatic nitrogens is 3. The highest BCUT2D eigenvalue weighted by atomic mass is 19.4. The summed E-state index contributed by atoms with van der Waals surface area (Å²) >= 11 is 0. The number of hydrogen-bond acceptors (Lipinski definition) is 13. The monoisotopic (exact) mass is 1160 g/mol. The van der Waals surface area contributed by atoms with E-state index in [1.165, 1.54) is 24.3 Å². The van der Waals surface area contributed by atoms with E-state index in [9.17, 15) is 59.4 Å². The predicted molar refractivity (Wildman–Crippen MR) is 272 cm³/mol. The number of methoxy groups -OCH3 is 2. The summed E-state index contributed by atoms with van der Waals surface area (Å²) in [4.78, 5) is 62.2. The Kier molecular flexibility index (Phi) is 20.0. The second kappa shape index (κ2) is 25.7. The number of hydrogen-bond donors (Lipinski definition) is 5. The van der Waals surface area contributed by atoms with Gasteiger partial charge >= 0.3 is 31.1 Å². The average Bonchev–Trinajstić information content (AvgIpc) is 3.99. The van der Waals surface area contributed by atoms with Crippen molar-refractivity contribution in [2.24, 2.45) is 10.8 Å². The van der Waals surface area contributed by atoms with Crippen LogP contribution in [-0.4, -0.2) is 156 Å². The molecule has 2 fully saturated rings. The van der Waals surface area contributed by atoms with Crippen molar-refractivity contribution < 1.29 is 82.4 Å². The lowest BCUT2D eigenvalue weighted by atomic mass is 9.82. The van der Waals surface area contributed by atoms with Gasteiger partial charge in [-0.25, -0.2) is 33.0 Å². The number of nitrogens with one attached hydrogen (secondary N) is 4. The Morgan fingerprint density at radius 3 is 1.84 bits per heavy atom. The van der Waals surface area contributed by atoms with Gasteiger partial charge < -0.3 is 40.2 Å². The molecule has 0 radical (unpaired) electrons. The van der Waals surface area contributed by atoms with Crippen LogP contribution in [0.5, 0.6) is 0 Å². The molecule has 6 atom stereocenters. The Labute approximate surface area is 459 Å². The molecular formula is C53H62F10N10O8. The van der Waals surface area contributed by atoms with E-state index < -0.39 is 115 Å². The highest BCUT2D eigenvalue weighted by Gasteiger charge is 2.57. The lowest BCUT2D eigenvalue weighted by Crippen LogP contribution is -2.63. The summed E-state index contributed by atoms with van der Waals surface area (Å²) < 4.78 is 161. The number of alkyl halides is 8. The van der Waals surface area contributed by atoms with E-state index in [1.54, 1.807) is 11.5 Å². The van der Waals surface area contributed by atoms with Gasteiger partial charge in [0.2, 0.25) is 5.91 Å². The molecule has 2 aromatic heterocycles. The van der Waals surface area contributed by atoms with E-state index in [4.69, 9.17) is 4.74 Å². The van der Waals surface area contributed by atoms with Crippen LogP contribution in [0.4, 0.5) is 59.3 Å². The minimum absolute atomic E-state index is 0.180. The number of halogens is 10. The Morgan fingerprint density at radius 2 is 1.35 bits per heavy atom. The normalized spacial score (nSPS) is 18.0. The molecule has 2 aromatic carbocycles. The van der Waals surface area contributed by atoms with Crippen molar-refractivity contribution in [1.82, 2.24) is 46.0 Å². The van der Waals surface area contributed by atoms with Gasteiger partial charge in [0.25, 0.3) is 5.91 Å². The van der Waals surface area contributed by atoms with Crippen LogP contribution in [0.15, 0.2) is 67.0 Å². The number of pyridine rings is 1. The van der Waals surface area contributed by atoms with Crippen LogP contribution in [0.25, 0.3) is 11.3 Å². The molecular weight excluding hydrogens is 1090 g/mol. The molecule has 0 unspecified atom stereocenters. The summed E-state index contributed by atoms with van der Waals surface area (Å²) in [6.07, 6.45) is -13.6. The molecule has 0 spiro atoms. The van der Waals surface area contributed by atoms with Crippen molar-refractivity contribution in [2.45, 2.75) is 116 Å². The van der Waals surface area contributed by atoms with E-state index in [2.05, 4.69) is 60.4 Å². The fraction of sp³-hybridized carbons (Fsp3) is 0.509. The van der Waals surface area contributed by atoms with Crippen LogP contribution < -0.4 is 26.3 Å². The smallest absolute Gasteiger partial charge is 0.407 e. The Hall–Kier alpha value is -7.22. The van der Waals surface area contributed by atoms with E-state index in [0.29, 0.717) is 75.2 Å². The van der Waals surface area contributed by atoms with Crippen molar-refractivity contribution in [3.63, 3.8) is 0 Å². The number of carbonyl (C=O) groups is 4. The first-order valence-corrected chi connectivity index (χ1v) is 25.2. The molecule has 2 aliphatic rings. The standard InChI is InChI=1S/C53H62F10N10O8/c1-29-24-72(30(2)23-71(29)35-27-81-28-35)42-16-15-33(22-64-42)14-11-31-9-12-32(13-10-31)19-40(65-45(75)43(66-48(77)79-7)50(3,4)52(58,59)60)41(74)26-70(69-46(76)44(67-49(78)80-8)51(5,6)53(61,62)63)25-36-37(54)20-34(21-38(36)55)39-17-18-73(68-39)47(56)57/h9-10,12-13,15-18,20-22,29-30,35,40-41,43-44,47,74H,19,23-28H2,1-8H3,(H,65,75)(H,66,77)(H,67,78)(H,69,76)/t29-,30-,40+,41+,43-,44-/m1/s1. The third-order valence-corrected chi connectivity index (χ3v) is 14.3. The number of aliphatic hydroxyl groups is 1. The molecule has 28 heteroatoms. The molecule has 18 nitrogen and oxygen atoms in total. The highest BCUT2D eigenvalue weighted by molar-refractivity contribution is 5.87. The van der Waals surface area contributed by atoms with Crippen LogP contribution in [0, 0.1) is 34.3 Å². The molecule has 0 bridgehead atoms. The molecule has 2 saturated heterocycles. The molecule has 0 saturated carbocycles. The van der Waals surface area contributed by atoms with Crippen molar-refractivity contribution in [1.29, 1.82) is 0 Å². The zero-order chi connectivity index (χ0) is 59.9. The molecule has 81 heavy (non-hydrogen) atoms. The lowest BCUT2D eigenvalue weighted by Gasteiger charge is -2.49. The molecule has 442 valence electrons. The fourth-order valence-corrected chi connectivity index (χ4v) is 8.94. The number of rotatable bonds is 19. The lowest BCUT2D eigenvalue weighted by molar-refractivity contribution is -0.221. The van der Waals surface area contributed by atoms with E-state index in [1.807, 2.05) is 22.9 Å². The second-order valence-electron chi connectivity index (χ2n) is 20.8. The van der Waals surface area contributed by atoms with Crippen LogP contribution in [0.3, 0.4) is 0 Å². The number of ether oxygens (including phenoxy) is 3. The summed E-state index contributed by atoms with van der Waals surface area (Å²) in [7, 11) is 1.60. The van der Waals surface area contributed by atoms with Gasteiger partial charge in [-0.15, -0.1) is 0 Å². The number of nitrogens with zero attached hydrogens (tertiary/aromatic N) is 6. The molecule has 4 heterocycles. The van der Waals surface area contributed by atoms with Crippen LogP contribution in [0.2, 0.25) is 0 Å². The van der Waals surface area contributed by atoms with Crippen molar-refractivity contribution in [3.05, 3.63) is 101 Å². The maximum absolute atomic E-state index is 16.0. The first-order valence-electron chi connectivity index (χ1n) is 25.2. The maximum atomic E-state index is 16.0. The molecule has 6 rings (SSSR count). The summed E-state index contributed by atoms with van der Waals surface area (Å²) in [6.45, 7) is 4.16. The van der Waals surface area contributed by atoms with Crippen molar-refractivity contribution in [2.75, 3.05) is 52.0 Å². The minimum atomic E-state index is -5.23. The van der Waals surface area contributed by atoms with E-state index >= 15 is 8.78 Å². The zero-order valence-corrected chi connectivity index (χ0v) is 45.2. The number of benzene rings is 2. The van der Waals surface area contributed by atoms with Crippen LogP contribution >= 0.6 is 0 Å². The van der Waals surface area contributed by atoms with Gasteiger partial charge in [-0.3, -0.25) is 19.9 Å². The zero-order valence-electron chi connectivity index (χ0n) is 45.2. The Balaban J connectivity index is 1.33. The van der Waals surface area contributed by atoms with Gasteiger partial charge in [0, 0.05) is 72.9 Å². The van der Waals surface area contributed by atoms with Crippen LogP contribution in [-0.2, 0) is 36.8 Å². The number of anilines is 1. The number of hydrazine groups is 1. The van der Waals surface area contributed by atoms with Crippen molar-refractivity contribution >= 4 is 29.8 Å². The molecule has 4 amide bonds. The number of alkyl carbamates (subject to hydrolysis) is 2. The number of piperazine rings is 1. The topological polar surface area (TPSA) is 205 Å². The average molecular weight is 1160 g/mol. The molecule has 4 aromatic rings. The largest absolute Gasteiger partial charge is 0.453 e. The predicted octanol–water partition coefficient (Wildman–Crippen LogP) is 6.86. The first kappa shape index (κ1) is 63.0. The minimum Gasteiger partial charge on any atom is -0.453 e. The maximum Gasteiger partial charge on any atom is 0.407 e. The number of aliphatic hydroxyl groups excluding tert-OH is 1. The van der Waals surface area contributed by atoms with E-state index in [0.717, 1.165) is 45.4 Å². The second-order valence-corrected chi connectivity index (χ2v) is 20.8. The summed E-state index contributed by atoms with van der Waals surface area (Å²) in [5, 5.41) is 22.1. The van der Waals surface area contributed by atoms with Gasteiger partial charge in [-0.2, -0.15) is 40.2 Å². The highest BCUT2D eigenvalue weighted by Crippen LogP contribution is 2.42. The quantitative estimate of drug-likeness (QED) is 0.0370. The van der Waals surface area contributed by atoms with Gasteiger partial charge in [0.05, 0.1) is 62.1 Å². The summed E-state index contributed by atoms with van der Waals surface area (Å²) in [6, 6.07) is 6.11. The molecule has 0 aliphatic carbocycles. The number of amides is 4. The van der Waals surface area contributed by atoms with Crippen molar-refractivity contribution in [3.8, 4) is 23.1 Å².